The smallest absolute Gasteiger partial charge is 0.164 e. The van der Waals surface area contributed by atoms with E-state index >= 15 is 0 Å². The molecular formula is C59H32N6O2. The molecule has 0 aliphatic carbocycles. The number of fused-ring (bicyclic) bond motifs is 9. The van der Waals surface area contributed by atoms with Crippen molar-refractivity contribution >= 4 is 65.7 Å². The predicted octanol–water partition coefficient (Wildman–Crippen LogP) is 14.8. The molecule has 0 aliphatic rings. The molecule has 4 heterocycles. The summed E-state index contributed by atoms with van der Waals surface area (Å²) in [4.78, 5) is 15.8. The van der Waals surface area contributed by atoms with Gasteiger partial charge < -0.3 is 13.4 Å². The first-order chi connectivity index (χ1) is 33.1. The van der Waals surface area contributed by atoms with E-state index in [9.17, 15) is 10.5 Å². The van der Waals surface area contributed by atoms with Crippen LogP contribution in [0.5, 0.6) is 0 Å². The Bertz CT molecular complexity index is 3980. The molecule has 0 radical (unpaired) electrons. The van der Waals surface area contributed by atoms with Crippen LogP contribution in [0.25, 0.3) is 128 Å². The number of hydrogen-bond acceptors (Lipinski definition) is 7. The van der Waals surface area contributed by atoms with Crippen LogP contribution in [-0.2, 0) is 0 Å². The van der Waals surface area contributed by atoms with Crippen molar-refractivity contribution in [2.45, 2.75) is 0 Å². The summed E-state index contributed by atoms with van der Waals surface area (Å²) < 4.78 is 15.0. The highest BCUT2D eigenvalue weighted by atomic mass is 16.3. The quantitative estimate of drug-likeness (QED) is 0.163. The number of nitriles is 2. The van der Waals surface area contributed by atoms with Crippen molar-refractivity contribution in [3.05, 3.63) is 205 Å². The van der Waals surface area contributed by atoms with Crippen molar-refractivity contribution in [3.8, 4) is 74.2 Å². The summed E-state index contributed by atoms with van der Waals surface area (Å²) in [6, 6.07) is 69.4. The monoisotopic (exact) mass is 856 g/mol. The molecule has 8 nitrogen and oxygen atoms in total. The van der Waals surface area contributed by atoms with Crippen molar-refractivity contribution in [1.29, 1.82) is 10.5 Å². The molecule has 13 rings (SSSR count). The standard InChI is InChI=1S/C59H32N6O2/c60-33-35-19-25-50-48(27-35)49-28-36(34-61)20-26-51(49)65(50)56-46(37-11-3-1-4-12-37)29-41(30-47(56)38-13-5-2-6-14-38)59-63-57(39-21-23-44-42-15-7-9-17-52(42)66-54(44)31-39)62-58(64-59)40-22-24-45-43-16-8-10-18-53(43)67-55(45)32-40/h1-32H. The summed E-state index contributed by atoms with van der Waals surface area (Å²) in [7, 11) is 0. The highest BCUT2D eigenvalue weighted by molar-refractivity contribution is 6.12. The minimum Gasteiger partial charge on any atom is -0.456 e. The van der Waals surface area contributed by atoms with Crippen LogP contribution < -0.4 is 0 Å². The van der Waals surface area contributed by atoms with E-state index in [1.807, 2.05) is 133 Å². The fraction of sp³-hybridized carbons (Fsp3) is 0. The van der Waals surface area contributed by atoms with Gasteiger partial charge in [-0.2, -0.15) is 10.5 Å². The average molecular weight is 857 g/mol. The molecule has 67 heavy (non-hydrogen) atoms. The Morgan fingerprint density at radius 1 is 0.343 bits per heavy atom. The van der Waals surface area contributed by atoms with Gasteiger partial charge in [0.25, 0.3) is 0 Å². The van der Waals surface area contributed by atoms with E-state index in [0.29, 0.717) is 28.6 Å². The number of hydrogen-bond donors (Lipinski definition) is 0. The molecule has 0 fully saturated rings. The summed E-state index contributed by atoms with van der Waals surface area (Å²) in [5.41, 5.74) is 13.1. The number of nitrogens with zero attached hydrogens (tertiary/aromatic N) is 6. The Balaban J connectivity index is 1.10. The molecule has 0 unspecified atom stereocenters. The number of rotatable bonds is 6. The van der Waals surface area contributed by atoms with E-state index in [0.717, 1.165) is 110 Å². The van der Waals surface area contributed by atoms with E-state index in [1.165, 1.54) is 0 Å². The number of aromatic nitrogens is 4. The molecule has 0 aliphatic heterocycles. The van der Waals surface area contributed by atoms with Crippen LogP contribution in [0.15, 0.2) is 203 Å². The first kappa shape index (κ1) is 37.9. The van der Waals surface area contributed by atoms with Crippen LogP contribution in [0.1, 0.15) is 11.1 Å². The molecule has 310 valence electrons. The van der Waals surface area contributed by atoms with Gasteiger partial charge in [-0.15, -0.1) is 0 Å². The van der Waals surface area contributed by atoms with Crippen LogP contribution in [0.4, 0.5) is 0 Å². The van der Waals surface area contributed by atoms with Crippen LogP contribution >= 0.6 is 0 Å². The maximum absolute atomic E-state index is 10.0. The van der Waals surface area contributed by atoms with Crippen molar-refractivity contribution in [3.63, 3.8) is 0 Å². The molecule has 0 saturated heterocycles. The lowest BCUT2D eigenvalue weighted by Gasteiger charge is -2.21. The summed E-state index contributed by atoms with van der Waals surface area (Å²) >= 11 is 0. The lowest BCUT2D eigenvalue weighted by atomic mass is 9.92. The molecule has 0 saturated carbocycles. The zero-order valence-corrected chi connectivity index (χ0v) is 35.5. The first-order valence-corrected chi connectivity index (χ1v) is 21.9. The number of furan rings is 2. The molecule has 0 N–H and O–H groups in total. The number of para-hydroxylation sites is 2. The van der Waals surface area contributed by atoms with Gasteiger partial charge in [-0.1, -0.05) is 109 Å². The van der Waals surface area contributed by atoms with Gasteiger partial charge >= 0.3 is 0 Å². The third-order valence-corrected chi connectivity index (χ3v) is 12.7. The van der Waals surface area contributed by atoms with Gasteiger partial charge in [0.05, 0.1) is 40.0 Å². The largest absolute Gasteiger partial charge is 0.456 e. The minimum atomic E-state index is 0.481. The topological polar surface area (TPSA) is 117 Å². The van der Waals surface area contributed by atoms with E-state index in [4.69, 9.17) is 23.8 Å². The summed E-state index contributed by atoms with van der Waals surface area (Å²) in [5, 5.41) is 25.9. The van der Waals surface area contributed by atoms with Crippen LogP contribution in [0.2, 0.25) is 0 Å². The molecule has 0 bridgehead atoms. The first-order valence-electron chi connectivity index (χ1n) is 21.9. The summed E-state index contributed by atoms with van der Waals surface area (Å²) in [5.74, 6) is 1.46. The molecule has 0 spiro atoms. The van der Waals surface area contributed by atoms with Crippen molar-refractivity contribution in [2.24, 2.45) is 0 Å². The van der Waals surface area contributed by atoms with Gasteiger partial charge in [-0.25, -0.2) is 15.0 Å². The summed E-state index contributed by atoms with van der Waals surface area (Å²) in [6.07, 6.45) is 0. The van der Waals surface area contributed by atoms with Crippen LogP contribution in [0, 0.1) is 22.7 Å². The lowest BCUT2D eigenvalue weighted by molar-refractivity contribution is 0.668. The molecule has 13 aromatic rings. The van der Waals surface area contributed by atoms with Gasteiger partial charge in [0.2, 0.25) is 0 Å². The highest BCUT2D eigenvalue weighted by Gasteiger charge is 2.24. The summed E-state index contributed by atoms with van der Waals surface area (Å²) in [6.45, 7) is 0. The Labute approximate surface area is 382 Å². The van der Waals surface area contributed by atoms with Crippen LogP contribution in [0.3, 0.4) is 0 Å². The average Bonchev–Trinajstić information content (AvgIpc) is 4.07. The Hall–Kier alpha value is -9.63. The highest BCUT2D eigenvalue weighted by Crippen LogP contribution is 2.44. The Morgan fingerprint density at radius 2 is 0.761 bits per heavy atom. The van der Waals surface area contributed by atoms with Crippen molar-refractivity contribution in [2.75, 3.05) is 0 Å². The molecular weight excluding hydrogens is 825 g/mol. The maximum atomic E-state index is 10.0. The van der Waals surface area contributed by atoms with E-state index in [2.05, 4.69) is 77.4 Å². The predicted molar refractivity (Wildman–Crippen MR) is 265 cm³/mol. The third kappa shape index (κ3) is 6.17. The second-order valence-corrected chi connectivity index (χ2v) is 16.6. The number of benzene rings is 9. The van der Waals surface area contributed by atoms with Gasteiger partial charge in [-0.05, 0) is 96.1 Å². The van der Waals surface area contributed by atoms with E-state index < -0.39 is 0 Å². The normalized spacial score (nSPS) is 11.6. The van der Waals surface area contributed by atoms with E-state index in [1.54, 1.807) is 0 Å². The Morgan fingerprint density at radius 3 is 1.22 bits per heavy atom. The van der Waals surface area contributed by atoms with Crippen molar-refractivity contribution < 1.29 is 8.83 Å². The van der Waals surface area contributed by atoms with Crippen LogP contribution in [-0.4, -0.2) is 19.5 Å². The zero-order valence-electron chi connectivity index (χ0n) is 35.5. The SMILES string of the molecule is N#Cc1ccc2c(c1)c1cc(C#N)ccc1n2-c1c(-c2ccccc2)cc(-c2nc(-c3ccc4c(c3)oc3ccccc34)nc(-c3ccc4c(c3)oc3ccccc34)n2)cc1-c1ccccc1. The Kier molecular flexibility index (Phi) is 8.48. The van der Waals surface area contributed by atoms with Gasteiger partial charge in [0, 0.05) is 60.1 Å². The second kappa shape index (κ2) is 15.0. The lowest BCUT2D eigenvalue weighted by Crippen LogP contribution is -2.04. The molecule has 0 atom stereocenters. The molecule has 4 aromatic heterocycles. The van der Waals surface area contributed by atoms with E-state index in [-0.39, 0.29) is 0 Å². The minimum absolute atomic E-state index is 0.481. The second-order valence-electron chi connectivity index (χ2n) is 16.6. The molecule has 9 aromatic carbocycles. The third-order valence-electron chi connectivity index (χ3n) is 12.7. The van der Waals surface area contributed by atoms with Gasteiger partial charge in [-0.3, -0.25) is 0 Å². The maximum Gasteiger partial charge on any atom is 0.164 e. The van der Waals surface area contributed by atoms with Gasteiger partial charge in [0.15, 0.2) is 17.5 Å². The fourth-order valence-corrected chi connectivity index (χ4v) is 9.58. The molecule has 0 amide bonds. The fourth-order valence-electron chi connectivity index (χ4n) is 9.58. The zero-order chi connectivity index (χ0) is 44.6. The molecule has 8 heteroatoms. The van der Waals surface area contributed by atoms with Gasteiger partial charge in [0.1, 0.15) is 22.3 Å². The van der Waals surface area contributed by atoms with Crippen molar-refractivity contribution in [1.82, 2.24) is 19.5 Å².